The fourth-order valence-corrected chi connectivity index (χ4v) is 1.98. The zero-order valence-corrected chi connectivity index (χ0v) is 10.8. The standard InChI is InChI=1S/C12H14N2O3S/c1-9(16)13-5-6-14-12(17)11-10(3-2-7-15)4-8-18-11/h4,8,15H,5-7H2,1H3,(H,13,16)(H,14,17). The quantitative estimate of drug-likeness (QED) is 0.528. The highest BCUT2D eigenvalue weighted by atomic mass is 32.1. The maximum Gasteiger partial charge on any atom is 0.262 e. The predicted octanol–water partition coefficient (Wildman–Crippen LogP) is -0.0422. The van der Waals surface area contributed by atoms with Crippen molar-refractivity contribution in [3.8, 4) is 11.8 Å². The van der Waals surface area contributed by atoms with Crippen LogP contribution in [0.1, 0.15) is 22.2 Å². The van der Waals surface area contributed by atoms with Crippen molar-refractivity contribution >= 4 is 23.2 Å². The molecule has 96 valence electrons. The Kier molecular flexibility index (Phi) is 5.91. The van der Waals surface area contributed by atoms with Gasteiger partial charge in [-0.05, 0) is 11.4 Å². The van der Waals surface area contributed by atoms with E-state index >= 15 is 0 Å². The molecule has 6 heteroatoms. The molecule has 0 spiro atoms. The molecule has 0 aliphatic carbocycles. The topological polar surface area (TPSA) is 78.4 Å². The summed E-state index contributed by atoms with van der Waals surface area (Å²) in [5, 5.41) is 15.6. The molecule has 0 aliphatic heterocycles. The van der Waals surface area contributed by atoms with Gasteiger partial charge in [-0.2, -0.15) is 0 Å². The molecule has 0 saturated heterocycles. The molecule has 0 fully saturated rings. The largest absolute Gasteiger partial charge is 0.384 e. The van der Waals surface area contributed by atoms with E-state index in [1.165, 1.54) is 18.3 Å². The van der Waals surface area contributed by atoms with Crippen molar-refractivity contribution in [2.45, 2.75) is 6.92 Å². The average molecular weight is 266 g/mol. The lowest BCUT2D eigenvalue weighted by Crippen LogP contribution is -2.33. The summed E-state index contributed by atoms with van der Waals surface area (Å²) in [6.45, 7) is 1.94. The first-order chi connectivity index (χ1) is 8.65. The number of carbonyl (C=O) groups is 2. The molecule has 1 heterocycles. The first-order valence-corrected chi connectivity index (χ1v) is 6.23. The van der Waals surface area contributed by atoms with Crippen LogP contribution in [0.4, 0.5) is 0 Å². The van der Waals surface area contributed by atoms with Gasteiger partial charge in [0, 0.05) is 25.6 Å². The van der Waals surface area contributed by atoms with E-state index in [1.54, 1.807) is 11.4 Å². The Hall–Kier alpha value is -1.84. The summed E-state index contributed by atoms with van der Waals surface area (Å²) >= 11 is 1.29. The van der Waals surface area contributed by atoms with E-state index in [1.807, 2.05) is 0 Å². The lowest BCUT2D eigenvalue weighted by Gasteiger charge is -2.04. The average Bonchev–Trinajstić information content (AvgIpc) is 2.79. The van der Waals surface area contributed by atoms with Gasteiger partial charge in [-0.15, -0.1) is 11.3 Å². The highest BCUT2D eigenvalue weighted by molar-refractivity contribution is 7.12. The van der Waals surface area contributed by atoms with Crippen molar-refractivity contribution in [1.82, 2.24) is 10.6 Å². The Morgan fingerprint density at radius 3 is 2.78 bits per heavy atom. The molecule has 18 heavy (non-hydrogen) atoms. The van der Waals surface area contributed by atoms with Gasteiger partial charge in [-0.25, -0.2) is 0 Å². The van der Waals surface area contributed by atoms with Crippen LogP contribution in [-0.2, 0) is 4.79 Å². The monoisotopic (exact) mass is 266 g/mol. The van der Waals surface area contributed by atoms with Crippen molar-refractivity contribution in [3.05, 3.63) is 21.9 Å². The molecule has 5 nitrogen and oxygen atoms in total. The Labute approximate surface area is 109 Å². The summed E-state index contributed by atoms with van der Waals surface area (Å²) in [7, 11) is 0. The fourth-order valence-electron chi connectivity index (χ4n) is 1.21. The second-order valence-corrected chi connectivity index (χ2v) is 4.28. The second kappa shape index (κ2) is 7.48. The van der Waals surface area contributed by atoms with E-state index in [0.29, 0.717) is 23.5 Å². The Bertz CT molecular complexity index is 485. The SMILES string of the molecule is CC(=O)NCCNC(=O)c1sccc1C#CCO. The molecular weight excluding hydrogens is 252 g/mol. The van der Waals surface area contributed by atoms with Gasteiger partial charge in [0.1, 0.15) is 11.5 Å². The first kappa shape index (κ1) is 14.2. The number of nitrogens with one attached hydrogen (secondary N) is 2. The summed E-state index contributed by atoms with van der Waals surface area (Å²) in [5.74, 6) is 4.86. The number of aliphatic hydroxyl groups is 1. The molecule has 0 radical (unpaired) electrons. The van der Waals surface area contributed by atoms with Gasteiger partial charge >= 0.3 is 0 Å². The van der Waals surface area contributed by atoms with Crippen LogP contribution in [0.3, 0.4) is 0 Å². The van der Waals surface area contributed by atoms with E-state index < -0.39 is 0 Å². The van der Waals surface area contributed by atoms with Crippen molar-refractivity contribution in [3.63, 3.8) is 0 Å². The molecule has 1 aromatic rings. The van der Waals surface area contributed by atoms with Gasteiger partial charge in [0.2, 0.25) is 5.91 Å². The van der Waals surface area contributed by atoms with Crippen molar-refractivity contribution < 1.29 is 14.7 Å². The van der Waals surface area contributed by atoms with E-state index in [2.05, 4.69) is 22.5 Å². The lowest BCUT2D eigenvalue weighted by molar-refractivity contribution is -0.118. The minimum absolute atomic E-state index is 0.130. The summed E-state index contributed by atoms with van der Waals surface area (Å²) in [4.78, 5) is 22.9. The lowest BCUT2D eigenvalue weighted by atomic mass is 10.2. The zero-order valence-electron chi connectivity index (χ0n) is 9.95. The van der Waals surface area contributed by atoms with E-state index in [0.717, 1.165) is 0 Å². The van der Waals surface area contributed by atoms with Crippen LogP contribution in [0.25, 0.3) is 0 Å². The molecule has 1 aromatic heterocycles. The highest BCUT2D eigenvalue weighted by Gasteiger charge is 2.10. The number of hydrogen-bond donors (Lipinski definition) is 3. The van der Waals surface area contributed by atoms with Crippen LogP contribution in [0.15, 0.2) is 11.4 Å². The maximum atomic E-state index is 11.8. The highest BCUT2D eigenvalue weighted by Crippen LogP contribution is 2.15. The van der Waals surface area contributed by atoms with Crippen molar-refractivity contribution in [2.24, 2.45) is 0 Å². The molecule has 2 amide bonds. The zero-order chi connectivity index (χ0) is 13.4. The van der Waals surface area contributed by atoms with E-state index in [-0.39, 0.29) is 18.4 Å². The number of rotatable bonds is 4. The van der Waals surface area contributed by atoms with E-state index in [9.17, 15) is 9.59 Å². The minimum Gasteiger partial charge on any atom is -0.384 e. The van der Waals surface area contributed by atoms with Gasteiger partial charge in [-0.1, -0.05) is 11.8 Å². The minimum atomic E-state index is -0.237. The molecule has 0 aliphatic rings. The first-order valence-electron chi connectivity index (χ1n) is 5.35. The third-order valence-corrected chi connectivity index (χ3v) is 2.87. The molecule has 1 rings (SSSR count). The summed E-state index contributed by atoms with van der Waals surface area (Å²) in [6.07, 6.45) is 0. The number of carbonyl (C=O) groups excluding carboxylic acids is 2. The summed E-state index contributed by atoms with van der Waals surface area (Å²) in [5.41, 5.74) is 0.603. The van der Waals surface area contributed by atoms with Crippen LogP contribution >= 0.6 is 11.3 Å². The molecule has 0 unspecified atom stereocenters. The van der Waals surface area contributed by atoms with Crippen molar-refractivity contribution in [2.75, 3.05) is 19.7 Å². The molecular formula is C12H14N2O3S. The second-order valence-electron chi connectivity index (χ2n) is 3.36. The molecule has 0 aromatic carbocycles. The molecule has 0 bridgehead atoms. The molecule has 0 saturated carbocycles. The van der Waals surface area contributed by atoms with Crippen LogP contribution in [0.2, 0.25) is 0 Å². The Balaban J connectivity index is 2.51. The number of aliphatic hydroxyl groups excluding tert-OH is 1. The third-order valence-electron chi connectivity index (χ3n) is 1.96. The van der Waals surface area contributed by atoms with Gasteiger partial charge < -0.3 is 15.7 Å². The Morgan fingerprint density at radius 1 is 1.39 bits per heavy atom. The van der Waals surface area contributed by atoms with Crippen molar-refractivity contribution in [1.29, 1.82) is 0 Å². The predicted molar refractivity (Wildman–Crippen MR) is 69.3 cm³/mol. The summed E-state index contributed by atoms with van der Waals surface area (Å²) in [6, 6.07) is 1.73. The number of hydrogen-bond acceptors (Lipinski definition) is 4. The number of amides is 2. The van der Waals surface area contributed by atoms with Gasteiger partial charge in [0.25, 0.3) is 5.91 Å². The molecule has 3 N–H and O–H groups in total. The van der Waals surface area contributed by atoms with Crippen LogP contribution in [0.5, 0.6) is 0 Å². The van der Waals surface area contributed by atoms with E-state index in [4.69, 9.17) is 5.11 Å². The third kappa shape index (κ3) is 4.57. The Morgan fingerprint density at radius 2 is 2.11 bits per heavy atom. The van der Waals surface area contributed by atoms with Crippen LogP contribution in [0, 0.1) is 11.8 Å². The normalized spacial score (nSPS) is 9.22. The summed E-state index contributed by atoms with van der Waals surface area (Å²) < 4.78 is 0. The van der Waals surface area contributed by atoms with Gasteiger partial charge in [0.05, 0.1) is 0 Å². The maximum absolute atomic E-state index is 11.8. The van der Waals surface area contributed by atoms with Gasteiger partial charge in [0.15, 0.2) is 0 Å². The van der Waals surface area contributed by atoms with Crippen LogP contribution in [-0.4, -0.2) is 36.6 Å². The fraction of sp³-hybridized carbons (Fsp3) is 0.333. The van der Waals surface area contributed by atoms with Gasteiger partial charge in [-0.3, -0.25) is 9.59 Å². The molecule has 0 atom stereocenters. The van der Waals surface area contributed by atoms with Crippen LogP contribution < -0.4 is 10.6 Å². The smallest absolute Gasteiger partial charge is 0.262 e. The number of thiophene rings is 1.